The summed E-state index contributed by atoms with van der Waals surface area (Å²) in [6.07, 6.45) is 1.04. The van der Waals surface area contributed by atoms with E-state index in [4.69, 9.17) is 23.2 Å². The van der Waals surface area contributed by atoms with Gasteiger partial charge in [0, 0.05) is 5.02 Å². The molecule has 108 valence electrons. The second-order valence-electron chi connectivity index (χ2n) is 4.68. The third-order valence-electron chi connectivity index (χ3n) is 3.04. The number of aryl methyl sites for hydroxylation is 1. The molecule has 0 radical (unpaired) electrons. The van der Waals surface area contributed by atoms with E-state index in [1.165, 1.54) is 0 Å². The van der Waals surface area contributed by atoms with Crippen molar-refractivity contribution in [1.29, 1.82) is 0 Å². The molecular formula is C13H17Cl2N5. The first-order valence-electron chi connectivity index (χ1n) is 6.52. The molecule has 0 aliphatic carbocycles. The molecule has 1 aromatic heterocycles. The van der Waals surface area contributed by atoms with Gasteiger partial charge in [-0.25, -0.2) is 0 Å². The third kappa shape index (κ3) is 3.11. The number of rotatable bonds is 5. The number of nitrogens with one attached hydrogen (secondary N) is 1. The second-order valence-corrected chi connectivity index (χ2v) is 5.49. The summed E-state index contributed by atoms with van der Waals surface area (Å²) in [6, 6.07) is 3.63. The highest BCUT2D eigenvalue weighted by Gasteiger charge is 2.17. The lowest BCUT2D eigenvalue weighted by molar-refractivity contribution is 0.531. The molecule has 7 heteroatoms. The number of benzene rings is 1. The Hall–Kier alpha value is -1.17. The first-order chi connectivity index (χ1) is 9.54. The van der Waals surface area contributed by atoms with Crippen LogP contribution in [0.25, 0.3) is 5.69 Å². The quantitative estimate of drug-likeness (QED) is 0.919. The minimum atomic E-state index is 0.0288. The van der Waals surface area contributed by atoms with Gasteiger partial charge >= 0.3 is 0 Å². The molecule has 0 aliphatic rings. The predicted molar refractivity (Wildman–Crippen MR) is 80.6 cm³/mol. The molecule has 0 amide bonds. The summed E-state index contributed by atoms with van der Waals surface area (Å²) in [6.45, 7) is 6.93. The lowest BCUT2D eigenvalue weighted by atomic mass is 10.2. The van der Waals surface area contributed by atoms with Gasteiger partial charge in [0.15, 0.2) is 5.82 Å². The highest BCUT2D eigenvalue weighted by Crippen LogP contribution is 2.28. The summed E-state index contributed by atoms with van der Waals surface area (Å²) < 4.78 is 1.63. The number of nitrogens with zero attached hydrogens (tertiary/aromatic N) is 4. The number of aromatic nitrogens is 4. The van der Waals surface area contributed by atoms with Crippen molar-refractivity contribution < 1.29 is 0 Å². The summed E-state index contributed by atoms with van der Waals surface area (Å²) in [4.78, 5) is 0. The molecule has 0 aliphatic heterocycles. The lowest BCUT2D eigenvalue weighted by Crippen LogP contribution is -2.22. The highest BCUT2D eigenvalue weighted by atomic mass is 35.5. The Labute approximate surface area is 128 Å². The zero-order valence-electron chi connectivity index (χ0n) is 11.7. The van der Waals surface area contributed by atoms with Gasteiger partial charge in [-0.2, -0.15) is 4.68 Å². The van der Waals surface area contributed by atoms with Crippen molar-refractivity contribution in [2.45, 2.75) is 33.2 Å². The maximum atomic E-state index is 6.28. The van der Waals surface area contributed by atoms with Crippen LogP contribution in [0.5, 0.6) is 0 Å². The van der Waals surface area contributed by atoms with Crippen LogP contribution in [0.4, 0.5) is 0 Å². The summed E-state index contributed by atoms with van der Waals surface area (Å²) in [5, 5.41) is 16.4. The first kappa shape index (κ1) is 15.2. The summed E-state index contributed by atoms with van der Waals surface area (Å²) in [5.41, 5.74) is 1.61. The summed E-state index contributed by atoms with van der Waals surface area (Å²) in [5.74, 6) is 0.709. The molecule has 0 spiro atoms. The largest absolute Gasteiger partial charge is 0.307 e. The maximum Gasteiger partial charge on any atom is 0.173 e. The van der Waals surface area contributed by atoms with Gasteiger partial charge in [-0.1, -0.05) is 30.1 Å². The van der Waals surface area contributed by atoms with E-state index in [0.717, 1.165) is 18.5 Å². The summed E-state index contributed by atoms with van der Waals surface area (Å²) >= 11 is 12.4. The topological polar surface area (TPSA) is 55.6 Å². The molecule has 5 nitrogen and oxygen atoms in total. The van der Waals surface area contributed by atoms with Crippen LogP contribution in [0.15, 0.2) is 12.1 Å². The van der Waals surface area contributed by atoms with E-state index in [-0.39, 0.29) is 6.04 Å². The van der Waals surface area contributed by atoms with Gasteiger partial charge in [-0.3, -0.25) is 0 Å². The normalized spacial score (nSPS) is 12.7. The van der Waals surface area contributed by atoms with Crippen LogP contribution in [0.2, 0.25) is 10.0 Å². The molecule has 2 aromatic rings. The monoisotopic (exact) mass is 313 g/mol. The van der Waals surface area contributed by atoms with Gasteiger partial charge in [0.1, 0.15) is 0 Å². The average Bonchev–Trinajstić information content (AvgIpc) is 2.89. The van der Waals surface area contributed by atoms with Crippen LogP contribution in [0.1, 0.15) is 37.7 Å². The zero-order valence-corrected chi connectivity index (χ0v) is 13.2. The maximum absolute atomic E-state index is 6.28. The minimum Gasteiger partial charge on any atom is -0.307 e. The molecule has 0 saturated carbocycles. The van der Waals surface area contributed by atoms with Crippen LogP contribution in [-0.2, 0) is 0 Å². The molecule has 20 heavy (non-hydrogen) atoms. The molecule has 0 saturated heterocycles. The molecule has 0 fully saturated rings. The van der Waals surface area contributed by atoms with Crippen molar-refractivity contribution in [3.05, 3.63) is 33.6 Å². The zero-order chi connectivity index (χ0) is 14.7. The van der Waals surface area contributed by atoms with Gasteiger partial charge in [0.05, 0.1) is 16.8 Å². The van der Waals surface area contributed by atoms with Gasteiger partial charge in [-0.05, 0) is 54.9 Å². The van der Waals surface area contributed by atoms with Gasteiger partial charge in [0.2, 0.25) is 0 Å². The van der Waals surface area contributed by atoms with Gasteiger partial charge < -0.3 is 5.32 Å². The van der Waals surface area contributed by atoms with E-state index in [9.17, 15) is 0 Å². The van der Waals surface area contributed by atoms with Crippen molar-refractivity contribution in [2.24, 2.45) is 0 Å². The van der Waals surface area contributed by atoms with Crippen LogP contribution >= 0.6 is 23.2 Å². The van der Waals surface area contributed by atoms with Crippen molar-refractivity contribution >= 4 is 23.2 Å². The second kappa shape index (κ2) is 6.52. The fourth-order valence-corrected chi connectivity index (χ4v) is 2.34. The molecule has 0 bridgehead atoms. The standard InChI is InChI=1S/C13H17Cl2N5/c1-4-5-16-9(3)13-17-18-19-20(13)12-7-10(14)8(2)6-11(12)15/h6-7,9,16H,4-5H2,1-3H3. The molecule has 1 atom stereocenters. The molecule has 1 unspecified atom stereocenters. The van der Waals surface area contributed by atoms with Crippen molar-refractivity contribution in [1.82, 2.24) is 25.5 Å². The fourth-order valence-electron chi connectivity index (χ4n) is 1.89. The Morgan fingerprint density at radius 3 is 2.75 bits per heavy atom. The first-order valence-corrected chi connectivity index (χ1v) is 7.27. The van der Waals surface area contributed by atoms with Crippen molar-refractivity contribution in [3.63, 3.8) is 0 Å². The molecular weight excluding hydrogens is 297 g/mol. The van der Waals surface area contributed by atoms with Crippen molar-refractivity contribution in [3.8, 4) is 5.69 Å². The Kier molecular flexibility index (Phi) is 4.96. The van der Waals surface area contributed by atoms with E-state index in [0.29, 0.717) is 21.6 Å². The molecule has 2 rings (SSSR count). The van der Waals surface area contributed by atoms with Crippen LogP contribution < -0.4 is 5.32 Å². The van der Waals surface area contributed by atoms with E-state index in [1.807, 2.05) is 19.9 Å². The van der Waals surface area contributed by atoms with E-state index >= 15 is 0 Å². The Morgan fingerprint density at radius 2 is 2.05 bits per heavy atom. The van der Waals surface area contributed by atoms with Crippen LogP contribution in [0, 0.1) is 6.92 Å². The molecule has 1 heterocycles. The Bertz CT molecular complexity index is 596. The van der Waals surface area contributed by atoms with Gasteiger partial charge in [-0.15, -0.1) is 5.10 Å². The fraction of sp³-hybridized carbons (Fsp3) is 0.462. The number of halogens is 2. The Balaban J connectivity index is 2.39. The summed E-state index contributed by atoms with van der Waals surface area (Å²) in [7, 11) is 0. The Morgan fingerprint density at radius 1 is 1.30 bits per heavy atom. The van der Waals surface area contributed by atoms with Crippen LogP contribution in [0.3, 0.4) is 0 Å². The highest BCUT2D eigenvalue weighted by molar-refractivity contribution is 6.35. The van der Waals surface area contributed by atoms with Gasteiger partial charge in [0.25, 0.3) is 0 Å². The van der Waals surface area contributed by atoms with E-state index in [1.54, 1.807) is 10.7 Å². The van der Waals surface area contributed by atoms with Crippen molar-refractivity contribution in [2.75, 3.05) is 6.54 Å². The number of hydrogen-bond acceptors (Lipinski definition) is 4. The molecule has 1 N–H and O–H groups in total. The SMILES string of the molecule is CCCNC(C)c1nnnn1-c1cc(Cl)c(C)cc1Cl. The lowest BCUT2D eigenvalue weighted by Gasteiger charge is -2.14. The predicted octanol–water partition coefficient (Wildman–Crippen LogP) is 3.34. The minimum absolute atomic E-state index is 0.0288. The van der Waals surface area contributed by atoms with E-state index < -0.39 is 0 Å². The molecule has 1 aromatic carbocycles. The van der Waals surface area contributed by atoms with E-state index in [2.05, 4.69) is 27.8 Å². The number of tetrazole rings is 1. The smallest absolute Gasteiger partial charge is 0.173 e. The average molecular weight is 314 g/mol. The third-order valence-corrected chi connectivity index (χ3v) is 3.75. The number of hydrogen-bond donors (Lipinski definition) is 1. The van der Waals surface area contributed by atoms with Crippen LogP contribution in [-0.4, -0.2) is 26.8 Å².